The Kier molecular flexibility index (Phi) is 2.58. The van der Waals surface area contributed by atoms with Crippen molar-refractivity contribution in [3.63, 3.8) is 0 Å². The van der Waals surface area contributed by atoms with E-state index in [1.807, 2.05) is 54.6 Å². The molecule has 3 rings (SSSR count). The second kappa shape index (κ2) is 5.07. The van der Waals surface area contributed by atoms with Gasteiger partial charge in [0.15, 0.2) is 0 Å². The summed E-state index contributed by atoms with van der Waals surface area (Å²) in [6.07, 6.45) is 0. The van der Waals surface area contributed by atoms with Crippen LogP contribution in [0.25, 0.3) is 11.3 Å². The molecule has 0 aromatic heterocycles. The molecule has 2 aromatic rings. The van der Waals surface area contributed by atoms with E-state index in [1.54, 1.807) is 0 Å². The molecule has 0 aliphatic heterocycles. The molecule has 0 saturated carbocycles. The van der Waals surface area contributed by atoms with E-state index in [4.69, 9.17) is 4.11 Å². The summed E-state index contributed by atoms with van der Waals surface area (Å²) in [4.78, 5) is 0. The summed E-state index contributed by atoms with van der Waals surface area (Å²) in [5.41, 5.74) is 4.47. The Balaban J connectivity index is 2.29. The van der Waals surface area contributed by atoms with Crippen molar-refractivity contribution >= 4 is 11.3 Å². The van der Waals surface area contributed by atoms with E-state index in [0.717, 1.165) is 28.0 Å². The molecule has 1 aliphatic carbocycles. The van der Waals surface area contributed by atoms with Gasteiger partial charge in [-0.1, -0.05) is 61.4 Å². The van der Waals surface area contributed by atoms with Crippen LogP contribution in [-0.4, -0.2) is 5.54 Å². The van der Waals surface area contributed by atoms with Gasteiger partial charge in [0.2, 0.25) is 0 Å². The van der Waals surface area contributed by atoms with E-state index in [2.05, 4.69) is 26.1 Å². The molecule has 0 bridgehead atoms. The molecule has 1 atom stereocenters. The number of allylic oxidation sites excluding steroid dienone is 1. The highest BCUT2D eigenvalue weighted by molar-refractivity contribution is 5.98. The fourth-order valence-corrected chi connectivity index (χ4v) is 2.86. The highest BCUT2D eigenvalue weighted by Gasteiger charge is 2.30. The molecule has 0 amide bonds. The molecule has 0 spiro atoms. The second-order valence-electron chi connectivity index (χ2n) is 6.55. The molecule has 1 nitrogen and oxygen atoms in total. The normalized spacial score (nSPS) is 20.5. The Morgan fingerprint density at radius 2 is 1.62 bits per heavy atom. The SMILES string of the molecule is [2H]C([2H])([2H])C1C(c2ccccc2)=C(NC(C)(C)C)c2ccccc21. The van der Waals surface area contributed by atoms with Crippen LogP contribution < -0.4 is 5.32 Å². The summed E-state index contributed by atoms with van der Waals surface area (Å²) >= 11 is 0. The van der Waals surface area contributed by atoms with Gasteiger partial charge >= 0.3 is 0 Å². The van der Waals surface area contributed by atoms with Crippen LogP contribution in [-0.2, 0) is 0 Å². The van der Waals surface area contributed by atoms with Gasteiger partial charge in [0.05, 0.1) is 0 Å². The van der Waals surface area contributed by atoms with Gasteiger partial charge in [-0.15, -0.1) is 0 Å². The summed E-state index contributed by atoms with van der Waals surface area (Å²) < 4.78 is 24.4. The number of fused-ring (bicyclic) bond motifs is 1. The van der Waals surface area contributed by atoms with Crippen LogP contribution >= 0.6 is 0 Å². The molecule has 2 aromatic carbocycles. The van der Waals surface area contributed by atoms with Crippen LogP contribution in [0.4, 0.5) is 0 Å². The molecular weight excluding hydrogens is 254 g/mol. The maximum atomic E-state index is 8.13. The van der Waals surface area contributed by atoms with Crippen molar-refractivity contribution < 1.29 is 4.11 Å². The van der Waals surface area contributed by atoms with Gasteiger partial charge in [-0.05, 0) is 37.5 Å². The minimum Gasteiger partial charge on any atom is -0.380 e. The van der Waals surface area contributed by atoms with Crippen LogP contribution in [0.5, 0.6) is 0 Å². The van der Waals surface area contributed by atoms with Crippen molar-refractivity contribution in [1.29, 1.82) is 0 Å². The first-order valence-corrected chi connectivity index (χ1v) is 7.35. The van der Waals surface area contributed by atoms with E-state index in [-0.39, 0.29) is 5.54 Å². The predicted octanol–water partition coefficient (Wildman–Crippen LogP) is 5.06. The van der Waals surface area contributed by atoms with Gasteiger partial charge in [0, 0.05) is 26.8 Å². The zero-order chi connectivity index (χ0) is 17.5. The molecule has 0 heterocycles. The standard InChI is InChI=1S/C20H23N/c1-14-16-12-8-9-13-17(16)19(21-20(2,3)4)18(14)15-10-6-5-7-11-15/h5-14,21H,1-4H3/i1D3. The average molecular weight is 280 g/mol. The lowest BCUT2D eigenvalue weighted by atomic mass is 9.93. The Morgan fingerprint density at radius 1 is 0.952 bits per heavy atom. The highest BCUT2D eigenvalue weighted by Crippen LogP contribution is 2.45. The van der Waals surface area contributed by atoms with Gasteiger partial charge in [-0.3, -0.25) is 0 Å². The van der Waals surface area contributed by atoms with Gasteiger partial charge in [-0.2, -0.15) is 0 Å². The summed E-state index contributed by atoms with van der Waals surface area (Å²) in [6.45, 7) is 4.18. The van der Waals surface area contributed by atoms with Crippen LogP contribution in [0.2, 0.25) is 0 Å². The molecule has 1 unspecified atom stereocenters. The number of nitrogens with one attached hydrogen (secondary N) is 1. The minimum absolute atomic E-state index is 0.161. The fourth-order valence-electron chi connectivity index (χ4n) is 2.86. The van der Waals surface area contributed by atoms with Crippen molar-refractivity contribution in [1.82, 2.24) is 5.32 Å². The predicted molar refractivity (Wildman–Crippen MR) is 91.0 cm³/mol. The largest absolute Gasteiger partial charge is 0.380 e. The zero-order valence-electron chi connectivity index (χ0n) is 15.8. The first-order chi connectivity index (χ1) is 11.2. The molecule has 108 valence electrons. The topological polar surface area (TPSA) is 12.0 Å². The van der Waals surface area contributed by atoms with E-state index >= 15 is 0 Å². The quantitative estimate of drug-likeness (QED) is 0.810. The fraction of sp³-hybridized carbons (Fsp3) is 0.300. The van der Waals surface area contributed by atoms with Crippen molar-refractivity contribution in [2.24, 2.45) is 0 Å². The Bertz CT molecular complexity index is 767. The van der Waals surface area contributed by atoms with Crippen LogP contribution in [0.1, 0.15) is 54.3 Å². The van der Waals surface area contributed by atoms with E-state index < -0.39 is 12.8 Å². The van der Waals surface area contributed by atoms with Crippen molar-refractivity contribution in [2.75, 3.05) is 0 Å². The van der Waals surface area contributed by atoms with Crippen molar-refractivity contribution in [3.8, 4) is 0 Å². The number of benzene rings is 2. The first-order valence-electron chi connectivity index (χ1n) is 8.85. The maximum absolute atomic E-state index is 8.13. The molecule has 1 N–H and O–H groups in total. The Labute approximate surface area is 131 Å². The van der Waals surface area contributed by atoms with Gasteiger partial charge in [-0.25, -0.2) is 0 Å². The molecule has 0 radical (unpaired) electrons. The Morgan fingerprint density at radius 3 is 2.29 bits per heavy atom. The van der Waals surface area contributed by atoms with Crippen molar-refractivity contribution in [2.45, 2.75) is 39.1 Å². The van der Waals surface area contributed by atoms with Gasteiger partial charge < -0.3 is 5.32 Å². The molecule has 0 fully saturated rings. The monoisotopic (exact) mass is 280 g/mol. The van der Waals surface area contributed by atoms with E-state index in [1.165, 1.54) is 0 Å². The first kappa shape index (κ1) is 10.7. The van der Waals surface area contributed by atoms with Crippen LogP contribution in [0, 0.1) is 0 Å². The Hall–Kier alpha value is -2.02. The van der Waals surface area contributed by atoms with Crippen LogP contribution in [0.3, 0.4) is 0 Å². The second-order valence-corrected chi connectivity index (χ2v) is 6.55. The zero-order valence-corrected chi connectivity index (χ0v) is 12.8. The molecule has 1 heteroatoms. The number of rotatable bonds is 2. The third-order valence-electron chi connectivity index (χ3n) is 3.68. The molecule has 21 heavy (non-hydrogen) atoms. The van der Waals surface area contributed by atoms with Crippen molar-refractivity contribution in [3.05, 3.63) is 71.3 Å². The third kappa shape index (κ3) is 2.61. The third-order valence-corrected chi connectivity index (χ3v) is 3.68. The van der Waals surface area contributed by atoms with E-state index in [9.17, 15) is 0 Å². The van der Waals surface area contributed by atoms with Crippen LogP contribution in [0.15, 0.2) is 54.6 Å². The van der Waals surface area contributed by atoms with E-state index in [0.29, 0.717) is 0 Å². The lowest BCUT2D eigenvalue weighted by Crippen LogP contribution is -2.34. The average Bonchev–Trinajstić information content (AvgIpc) is 2.81. The summed E-state index contributed by atoms with van der Waals surface area (Å²) in [7, 11) is 0. The molecular formula is C20H23N. The minimum atomic E-state index is -2.09. The summed E-state index contributed by atoms with van der Waals surface area (Å²) in [6, 6.07) is 17.7. The lowest BCUT2D eigenvalue weighted by molar-refractivity contribution is 0.502. The number of hydrogen-bond donors (Lipinski definition) is 1. The maximum Gasteiger partial charge on any atom is 0.0465 e. The smallest absolute Gasteiger partial charge is 0.0465 e. The number of hydrogen-bond acceptors (Lipinski definition) is 1. The summed E-state index contributed by atoms with van der Waals surface area (Å²) in [5.74, 6) is -0.610. The lowest BCUT2D eigenvalue weighted by Gasteiger charge is -2.25. The van der Waals surface area contributed by atoms with Gasteiger partial charge in [0.1, 0.15) is 0 Å². The summed E-state index contributed by atoms with van der Waals surface area (Å²) in [5, 5.41) is 3.55. The van der Waals surface area contributed by atoms with Gasteiger partial charge in [0.25, 0.3) is 0 Å². The highest BCUT2D eigenvalue weighted by atomic mass is 15.0. The molecule has 0 saturated heterocycles. The molecule has 1 aliphatic rings.